The highest BCUT2D eigenvalue weighted by molar-refractivity contribution is 7.17. The second kappa shape index (κ2) is 5.98. The van der Waals surface area contributed by atoms with E-state index >= 15 is 0 Å². The largest absolute Gasteiger partial charge is 0.378 e. The molecule has 2 N–H and O–H groups in total. The number of ether oxygens (including phenoxy) is 1. The molecular formula is C13H18N4O3S. The Bertz CT molecular complexity index is 550. The van der Waals surface area contributed by atoms with E-state index in [4.69, 9.17) is 4.74 Å². The summed E-state index contributed by atoms with van der Waals surface area (Å²) in [5.74, 6) is -0.353. The zero-order valence-corrected chi connectivity index (χ0v) is 12.7. The topological polar surface area (TPSA) is 83.6 Å². The maximum Gasteiger partial charge on any atom is 0.281 e. The highest BCUT2D eigenvalue weighted by Gasteiger charge is 2.30. The molecule has 0 aromatic carbocycles. The zero-order chi connectivity index (χ0) is 14.8. The van der Waals surface area contributed by atoms with Gasteiger partial charge in [-0.05, 0) is 19.8 Å². The summed E-state index contributed by atoms with van der Waals surface area (Å²) in [5.41, 5.74) is 5.61. The summed E-state index contributed by atoms with van der Waals surface area (Å²) >= 11 is 1.35. The van der Waals surface area contributed by atoms with Crippen molar-refractivity contribution in [2.24, 2.45) is 5.92 Å². The van der Waals surface area contributed by atoms with Gasteiger partial charge in [-0.1, -0.05) is 11.3 Å². The average Bonchev–Trinajstić information content (AvgIpc) is 3.28. The van der Waals surface area contributed by atoms with E-state index in [-0.39, 0.29) is 17.7 Å². The van der Waals surface area contributed by atoms with Crippen molar-refractivity contribution >= 4 is 28.3 Å². The summed E-state index contributed by atoms with van der Waals surface area (Å²) in [6.45, 7) is 4.73. The van der Waals surface area contributed by atoms with Crippen molar-refractivity contribution in [1.29, 1.82) is 0 Å². The molecule has 0 atom stereocenters. The van der Waals surface area contributed by atoms with Crippen LogP contribution < -0.4 is 15.8 Å². The number of hydrazine groups is 1. The van der Waals surface area contributed by atoms with E-state index in [2.05, 4.69) is 20.7 Å². The summed E-state index contributed by atoms with van der Waals surface area (Å²) in [7, 11) is 0. The molecule has 114 valence electrons. The molecule has 0 unspecified atom stereocenters. The van der Waals surface area contributed by atoms with Crippen molar-refractivity contribution in [3.63, 3.8) is 0 Å². The maximum atomic E-state index is 12.1. The zero-order valence-electron chi connectivity index (χ0n) is 11.8. The SMILES string of the molecule is Cc1nc(N2CCOCC2)sc1C(=O)NNC(=O)C1CC1. The number of morpholine rings is 1. The number of aryl methyl sites for hydroxylation is 1. The number of carbonyl (C=O) groups is 2. The Kier molecular flexibility index (Phi) is 4.07. The molecule has 21 heavy (non-hydrogen) atoms. The number of aromatic nitrogens is 1. The molecule has 1 aromatic heterocycles. The lowest BCUT2D eigenvalue weighted by Gasteiger charge is -2.25. The van der Waals surface area contributed by atoms with Gasteiger partial charge in [-0.15, -0.1) is 0 Å². The van der Waals surface area contributed by atoms with Crippen LogP contribution in [0.25, 0.3) is 0 Å². The molecule has 2 heterocycles. The first-order valence-electron chi connectivity index (χ1n) is 7.05. The molecule has 1 aromatic rings. The molecule has 8 heteroatoms. The van der Waals surface area contributed by atoms with Crippen molar-refractivity contribution < 1.29 is 14.3 Å². The molecule has 1 saturated heterocycles. The minimum absolute atomic E-state index is 0.0665. The van der Waals surface area contributed by atoms with Crippen LogP contribution in [0.2, 0.25) is 0 Å². The molecule has 2 fully saturated rings. The maximum absolute atomic E-state index is 12.1. The standard InChI is InChI=1S/C13H18N4O3S/c1-8-10(12(19)16-15-11(18)9-2-3-9)21-13(14-8)17-4-6-20-7-5-17/h9H,2-7H2,1H3,(H,15,18)(H,16,19). The summed E-state index contributed by atoms with van der Waals surface area (Å²) in [4.78, 5) is 30.7. The molecule has 1 saturated carbocycles. The third kappa shape index (κ3) is 3.33. The minimum Gasteiger partial charge on any atom is -0.378 e. The van der Waals surface area contributed by atoms with Gasteiger partial charge in [0, 0.05) is 19.0 Å². The minimum atomic E-state index is -0.307. The summed E-state index contributed by atoms with van der Waals surface area (Å²) in [6, 6.07) is 0. The van der Waals surface area contributed by atoms with Crippen LogP contribution in [0, 0.1) is 12.8 Å². The van der Waals surface area contributed by atoms with Gasteiger partial charge in [-0.2, -0.15) is 0 Å². The lowest BCUT2D eigenvalue weighted by molar-refractivity contribution is -0.123. The number of anilines is 1. The highest BCUT2D eigenvalue weighted by Crippen LogP contribution is 2.29. The van der Waals surface area contributed by atoms with Gasteiger partial charge < -0.3 is 9.64 Å². The normalized spacial score (nSPS) is 18.4. The Balaban J connectivity index is 1.62. The van der Waals surface area contributed by atoms with E-state index in [9.17, 15) is 9.59 Å². The van der Waals surface area contributed by atoms with Gasteiger partial charge in [0.15, 0.2) is 5.13 Å². The molecule has 0 spiro atoms. The fourth-order valence-electron chi connectivity index (χ4n) is 2.11. The fraction of sp³-hybridized carbons (Fsp3) is 0.615. The lowest BCUT2D eigenvalue weighted by Crippen LogP contribution is -2.42. The van der Waals surface area contributed by atoms with Gasteiger partial charge in [0.2, 0.25) is 5.91 Å². The first-order valence-corrected chi connectivity index (χ1v) is 7.87. The summed E-state index contributed by atoms with van der Waals surface area (Å²) < 4.78 is 5.31. The van der Waals surface area contributed by atoms with Gasteiger partial charge in [-0.25, -0.2) is 4.98 Å². The van der Waals surface area contributed by atoms with Crippen molar-refractivity contribution in [3.8, 4) is 0 Å². The van der Waals surface area contributed by atoms with Gasteiger partial charge in [0.1, 0.15) is 4.88 Å². The van der Waals surface area contributed by atoms with Crippen LogP contribution in [0.5, 0.6) is 0 Å². The monoisotopic (exact) mass is 310 g/mol. The van der Waals surface area contributed by atoms with E-state index in [1.54, 1.807) is 6.92 Å². The third-order valence-corrected chi connectivity index (χ3v) is 4.74. The van der Waals surface area contributed by atoms with Crippen LogP contribution in [0.1, 0.15) is 28.2 Å². The summed E-state index contributed by atoms with van der Waals surface area (Å²) in [5, 5.41) is 0.828. The smallest absolute Gasteiger partial charge is 0.281 e. The predicted molar refractivity (Wildman–Crippen MR) is 78.2 cm³/mol. The third-order valence-electron chi connectivity index (χ3n) is 3.52. The Morgan fingerprint density at radius 3 is 2.67 bits per heavy atom. The Hall–Kier alpha value is -1.67. The van der Waals surface area contributed by atoms with Crippen LogP contribution in [0.4, 0.5) is 5.13 Å². The number of hydrogen-bond acceptors (Lipinski definition) is 6. The van der Waals surface area contributed by atoms with Crippen LogP contribution in [-0.2, 0) is 9.53 Å². The van der Waals surface area contributed by atoms with Crippen LogP contribution in [0.3, 0.4) is 0 Å². The van der Waals surface area contributed by atoms with Gasteiger partial charge in [-0.3, -0.25) is 20.4 Å². The quantitative estimate of drug-likeness (QED) is 0.793. The van der Waals surface area contributed by atoms with Crippen molar-refractivity contribution in [2.45, 2.75) is 19.8 Å². The number of carbonyl (C=O) groups excluding carboxylic acids is 2. The Labute approximate surface area is 126 Å². The first kappa shape index (κ1) is 14.3. The highest BCUT2D eigenvalue weighted by atomic mass is 32.1. The van der Waals surface area contributed by atoms with Crippen molar-refractivity contribution in [2.75, 3.05) is 31.2 Å². The van der Waals surface area contributed by atoms with E-state index in [0.29, 0.717) is 23.8 Å². The second-order valence-corrected chi connectivity index (χ2v) is 6.21. The van der Waals surface area contributed by atoms with Crippen LogP contribution in [0.15, 0.2) is 0 Å². The van der Waals surface area contributed by atoms with Crippen molar-refractivity contribution in [1.82, 2.24) is 15.8 Å². The molecule has 2 amide bonds. The van der Waals surface area contributed by atoms with E-state index in [1.165, 1.54) is 11.3 Å². The van der Waals surface area contributed by atoms with E-state index < -0.39 is 0 Å². The molecule has 2 aliphatic rings. The predicted octanol–water partition coefficient (Wildman–Crippen LogP) is 0.459. The number of hydrogen-bond donors (Lipinski definition) is 2. The van der Waals surface area contributed by atoms with Gasteiger partial charge >= 0.3 is 0 Å². The molecule has 1 aliphatic carbocycles. The molecule has 0 bridgehead atoms. The average molecular weight is 310 g/mol. The number of nitrogens with one attached hydrogen (secondary N) is 2. The molecule has 1 aliphatic heterocycles. The molecule has 3 rings (SSSR count). The van der Waals surface area contributed by atoms with Crippen LogP contribution in [-0.4, -0.2) is 43.1 Å². The van der Waals surface area contributed by atoms with E-state index in [1.807, 2.05) is 0 Å². The number of nitrogens with zero attached hydrogens (tertiary/aromatic N) is 2. The lowest BCUT2D eigenvalue weighted by atomic mass is 10.4. The number of amides is 2. The van der Waals surface area contributed by atoms with E-state index in [0.717, 1.165) is 31.1 Å². The molecular weight excluding hydrogens is 292 g/mol. The molecule has 0 radical (unpaired) electrons. The molecule has 7 nitrogen and oxygen atoms in total. The Morgan fingerprint density at radius 2 is 2.00 bits per heavy atom. The van der Waals surface area contributed by atoms with Crippen molar-refractivity contribution in [3.05, 3.63) is 10.6 Å². The van der Waals surface area contributed by atoms with Crippen LogP contribution >= 0.6 is 11.3 Å². The Morgan fingerprint density at radius 1 is 1.29 bits per heavy atom. The van der Waals surface area contributed by atoms with Gasteiger partial charge in [0.05, 0.1) is 18.9 Å². The first-order chi connectivity index (χ1) is 10.1. The fourth-order valence-corrected chi connectivity index (χ4v) is 3.12. The second-order valence-electron chi connectivity index (χ2n) is 5.23. The van der Waals surface area contributed by atoms with Gasteiger partial charge in [0.25, 0.3) is 5.91 Å². The number of rotatable bonds is 3. The summed E-state index contributed by atoms with van der Waals surface area (Å²) in [6.07, 6.45) is 1.81. The number of thiazole rings is 1.